The highest BCUT2D eigenvalue weighted by Gasteiger charge is 2.14. The van der Waals surface area contributed by atoms with Gasteiger partial charge in [0.05, 0.1) is 18.2 Å². The Morgan fingerprint density at radius 2 is 2.15 bits per heavy atom. The highest BCUT2D eigenvalue weighted by atomic mass is 16.6. The van der Waals surface area contributed by atoms with Crippen molar-refractivity contribution in [3.05, 3.63) is 38.8 Å². The van der Waals surface area contributed by atoms with E-state index in [4.69, 9.17) is 0 Å². The fraction of sp³-hybridized carbons (Fsp3) is 0.500. The first-order valence-electron chi connectivity index (χ1n) is 6.25. The minimum absolute atomic E-state index is 0.0517. The first-order valence-corrected chi connectivity index (χ1v) is 6.25. The molecule has 0 bridgehead atoms. The third kappa shape index (κ3) is 4.81. The van der Waals surface area contributed by atoms with E-state index >= 15 is 0 Å². The normalized spacial score (nSPS) is 12.2. The molecule has 0 aliphatic carbocycles. The lowest BCUT2D eigenvalue weighted by atomic mass is 10.4. The average molecular weight is 283 g/mol. The van der Waals surface area contributed by atoms with E-state index in [1.165, 1.54) is 16.8 Å². The molecule has 0 saturated heterocycles. The maximum absolute atomic E-state index is 11.6. The summed E-state index contributed by atoms with van der Waals surface area (Å²) >= 11 is 0. The largest absolute Gasteiger partial charge is 0.349 e. The zero-order valence-corrected chi connectivity index (χ0v) is 11.8. The van der Waals surface area contributed by atoms with E-state index in [0.717, 1.165) is 11.0 Å². The summed E-state index contributed by atoms with van der Waals surface area (Å²) in [6.45, 7) is 4.09. The average Bonchev–Trinajstić information content (AvgIpc) is 2.30. The second-order valence-electron chi connectivity index (χ2n) is 4.97. The summed E-state index contributed by atoms with van der Waals surface area (Å²) in [6, 6.07) is 2.37. The molecule has 1 heterocycles. The lowest BCUT2D eigenvalue weighted by molar-refractivity contribution is -0.895. The van der Waals surface area contributed by atoms with E-state index < -0.39 is 4.92 Å². The number of rotatable bonds is 6. The van der Waals surface area contributed by atoms with Crippen LogP contribution in [0.2, 0.25) is 0 Å². The number of nitrogens with one attached hydrogen (secondary N) is 2. The van der Waals surface area contributed by atoms with Crippen molar-refractivity contribution in [2.45, 2.75) is 26.6 Å². The molecule has 1 aromatic heterocycles. The summed E-state index contributed by atoms with van der Waals surface area (Å²) in [5, 5.41) is 13.4. The summed E-state index contributed by atoms with van der Waals surface area (Å²) in [4.78, 5) is 34.1. The second-order valence-corrected chi connectivity index (χ2v) is 4.97. The summed E-state index contributed by atoms with van der Waals surface area (Å²) in [7, 11) is 1.74. The van der Waals surface area contributed by atoms with Crippen molar-refractivity contribution in [3.8, 4) is 0 Å². The van der Waals surface area contributed by atoms with E-state index in [9.17, 15) is 19.7 Å². The van der Waals surface area contributed by atoms with E-state index in [0.29, 0.717) is 0 Å². The van der Waals surface area contributed by atoms with Crippen molar-refractivity contribution in [1.82, 2.24) is 9.88 Å². The smallest absolute Gasteiger partial charge is 0.285 e. The molecule has 0 radical (unpaired) electrons. The third-order valence-corrected chi connectivity index (χ3v) is 2.53. The molecule has 1 atom stereocenters. The quantitative estimate of drug-likeness (QED) is 0.503. The lowest BCUT2D eigenvalue weighted by Crippen LogP contribution is -3.09. The number of hydrogen-bond acceptors (Lipinski definition) is 4. The van der Waals surface area contributed by atoms with Gasteiger partial charge in [-0.25, -0.2) is 0 Å². The van der Waals surface area contributed by atoms with Gasteiger partial charge in [-0.1, -0.05) is 0 Å². The van der Waals surface area contributed by atoms with E-state index in [-0.39, 0.29) is 36.4 Å². The van der Waals surface area contributed by atoms with Gasteiger partial charge in [0.15, 0.2) is 13.2 Å². The Morgan fingerprint density at radius 3 is 2.70 bits per heavy atom. The predicted octanol–water partition coefficient (Wildman–Crippen LogP) is -1.25. The number of pyridine rings is 1. The molecule has 110 valence electrons. The van der Waals surface area contributed by atoms with Crippen LogP contribution in [0.4, 0.5) is 5.69 Å². The van der Waals surface area contributed by atoms with Crippen LogP contribution in [-0.2, 0) is 11.5 Å². The lowest BCUT2D eigenvalue weighted by Gasteiger charge is -2.16. The van der Waals surface area contributed by atoms with Crippen LogP contribution in [0, 0.1) is 10.1 Å². The van der Waals surface area contributed by atoms with Gasteiger partial charge in [-0.15, -0.1) is 0 Å². The van der Waals surface area contributed by atoms with E-state index in [1.54, 1.807) is 7.05 Å². The van der Waals surface area contributed by atoms with Crippen LogP contribution in [0.3, 0.4) is 0 Å². The molecule has 8 nitrogen and oxygen atoms in total. The molecule has 1 aromatic rings. The maximum Gasteiger partial charge on any atom is 0.285 e. The van der Waals surface area contributed by atoms with Crippen LogP contribution in [0.25, 0.3) is 0 Å². The van der Waals surface area contributed by atoms with E-state index in [1.807, 2.05) is 13.8 Å². The van der Waals surface area contributed by atoms with Gasteiger partial charge in [0.25, 0.3) is 17.2 Å². The molecular weight excluding hydrogens is 264 g/mol. The number of quaternary nitrogens is 1. The zero-order chi connectivity index (χ0) is 15.3. The molecule has 8 heteroatoms. The first-order chi connectivity index (χ1) is 9.29. The SMILES string of the molecule is CC(C)NC(=O)C[NH+](C)Cn1cc([N+](=O)[O-])ccc1=O. The Bertz CT molecular complexity index is 553. The molecule has 1 rings (SSSR count). The number of hydrogen-bond donors (Lipinski definition) is 2. The number of carbonyl (C=O) groups is 1. The van der Waals surface area contributed by atoms with Gasteiger partial charge in [-0.2, -0.15) is 0 Å². The Hall–Kier alpha value is -2.22. The maximum atomic E-state index is 11.6. The van der Waals surface area contributed by atoms with E-state index in [2.05, 4.69) is 5.32 Å². The monoisotopic (exact) mass is 283 g/mol. The highest BCUT2D eigenvalue weighted by molar-refractivity contribution is 5.77. The molecular formula is C12H19N4O4+. The topological polar surface area (TPSA) is 98.7 Å². The number of amides is 1. The molecule has 0 aliphatic rings. The van der Waals surface area contributed by atoms with Crippen LogP contribution < -0.4 is 15.8 Å². The van der Waals surface area contributed by atoms with Crippen LogP contribution in [0.5, 0.6) is 0 Å². The molecule has 0 fully saturated rings. The number of carbonyl (C=O) groups excluding carboxylic acids is 1. The second kappa shape index (κ2) is 6.80. The van der Waals surface area contributed by atoms with Crippen molar-refractivity contribution >= 4 is 11.6 Å². The number of likely N-dealkylation sites (N-methyl/N-ethyl adjacent to an activating group) is 1. The molecule has 1 amide bonds. The fourth-order valence-corrected chi connectivity index (χ4v) is 1.74. The molecule has 1 unspecified atom stereocenters. The molecule has 2 N–H and O–H groups in total. The van der Waals surface area contributed by atoms with Gasteiger partial charge in [0.2, 0.25) is 0 Å². The van der Waals surface area contributed by atoms with Gasteiger partial charge >= 0.3 is 0 Å². The zero-order valence-electron chi connectivity index (χ0n) is 11.8. The number of nitrogens with zero attached hydrogens (tertiary/aromatic N) is 2. The molecule has 0 saturated carbocycles. The van der Waals surface area contributed by atoms with Crippen LogP contribution in [-0.4, -0.2) is 35.0 Å². The van der Waals surface area contributed by atoms with Gasteiger partial charge in [0.1, 0.15) is 0 Å². The summed E-state index contributed by atoms with van der Waals surface area (Å²) in [6.07, 6.45) is 1.19. The van der Waals surface area contributed by atoms with Crippen LogP contribution in [0.1, 0.15) is 13.8 Å². The molecule has 0 spiro atoms. The van der Waals surface area contributed by atoms with Gasteiger partial charge in [-0.3, -0.25) is 24.3 Å². The van der Waals surface area contributed by atoms with Crippen LogP contribution in [0.15, 0.2) is 23.1 Å². The fourth-order valence-electron chi connectivity index (χ4n) is 1.74. The van der Waals surface area contributed by atoms with Crippen molar-refractivity contribution in [2.24, 2.45) is 0 Å². The van der Waals surface area contributed by atoms with Gasteiger partial charge in [-0.05, 0) is 13.8 Å². The van der Waals surface area contributed by atoms with Gasteiger partial charge < -0.3 is 10.2 Å². The van der Waals surface area contributed by atoms with Crippen LogP contribution >= 0.6 is 0 Å². The van der Waals surface area contributed by atoms with Gasteiger partial charge in [0, 0.05) is 18.2 Å². The first kappa shape index (κ1) is 15.8. The number of nitro groups is 1. The summed E-state index contributed by atoms with van der Waals surface area (Å²) in [5.74, 6) is -0.129. The minimum Gasteiger partial charge on any atom is -0.349 e. The summed E-state index contributed by atoms with van der Waals surface area (Å²) < 4.78 is 1.23. The Kier molecular flexibility index (Phi) is 5.39. The Morgan fingerprint density at radius 1 is 1.50 bits per heavy atom. The van der Waals surface area contributed by atoms with Crippen molar-refractivity contribution in [1.29, 1.82) is 0 Å². The molecule has 20 heavy (non-hydrogen) atoms. The predicted molar refractivity (Wildman–Crippen MR) is 72.4 cm³/mol. The highest BCUT2D eigenvalue weighted by Crippen LogP contribution is 2.05. The molecule has 0 aromatic carbocycles. The Balaban J connectivity index is 2.73. The van der Waals surface area contributed by atoms with Crippen molar-refractivity contribution in [2.75, 3.05) is 13.6 Å². The standard InChI is InChI=1S/C12H18N4O4/c1-9(2)13-11(17)7-14(3)8-15-6-10(16(19)20)4-5-12(15)18/h4-6,9H,7-8H2,1-3H3,(H,13,17)/p+1. The number of aromatic nitrogens is 1. The summed E-state index contributed by atoms with van der Waals surface area (Å²) in [5.41, 5.74) is -0.483. The Labute approximate surface area is 116 Å². The van der Waals surface area contributed by atoms with Crippen molar-refractivity contribution < 1.29 is 14.6 Å². The third-order valence-electron chi connectivity index (χ3n) is 2.53. The molecule has 0 aliphatic heterocycles. The minimum atomic E-state index is -0.559. The van der Waals surface area contributed by atoms with Crippen molar-refractivity contribution in [3.63, 3.8) is 0 Å².